The number of nitrogens with two attached hydrogens (primary N) is 1. The smallest absolute Gasteiger partial charge is 0.240 e. The van der Waals surface area contributed by atoms with Gasteiger partial charge in [0.25, 0.3) is 0 Å². The van der Waals surface area contributed by atoms with Crippen molar-refractivity contribution in [2.75, 3.05) is 19.3 Å². The van der Waals surface area contributed by atoms with E-state index in [0.29, 0.717) is 0 Å². The van der Waals surface area contributed by atoms with Crippen LogP contribution in [0.5, 0.6) is 0 Å². The highest BCUT2D eigenvalue weighted by molar-refractivity contribution is 7.89. The standard InChI is InChI=1S/C12H21N3O4S2/c1-10(14-2)11-4-6-12(7-5-11)21(18,19)15-8-3-9-20(13,16)17/h4-7,10,14-15H,3,8-9H2,1-2H3,(H2,13,16,17). The first-order valence-electron chi connectivity index (χ1n) is 6.43. The summed E-state index contributed by atoms with van der Waals surface area (Å²) < 4.78 is 47.8. The molecule has 1 aromatic carbocycles. The third-order valence-corrected chi connectivity index (χ3v) is 5.36. The maximum Gasteiger partial charge on any atom is 0.240 e. The Morgan fingerprint density at radius 2 is 1.71 bits per heavy atom. The number of sulfonamides is 2. The second kappa shape index (κ2) is 7.32. The van der Waals surface area contributed by atoms with Gasteiger partial charge in [-0.2, -0.15) is 0 Å². The van der Waals surface area contributed by atoms with Gasteiger partial charge in [-0.25, -0.2) is 26.7 Å². The molecule has 0 aliphatic heterocycles. The Labute approximate surface area is 126 Å². The SMILES string of the molecule is CNC(C)c1ccc(S(=O)(=O)NCCCS(N)(=O)=O)cc1. The first-order valence-corrected chi connectivity index (χ1v) is 9.63. The molecule has 0 aromatic heterocycles. The van der Waals surface area contributed by atoms with Crippen molar-refractivity contribution in [3.05, 3.63) is 29.8 Å². The number of hydrogen-bond donors (Lipinski definition) is 3. The molecular formula is C12H21N3O4S2. The Morgan fingerprint density at radius 3 is 2.19 bits per heavy atom. The predicted octanol–water partition coefficient (Wildman–Crippen LogP) is -0.0761. The summed E-state index contributed by atoms with van der Waals surface area (Å²) in [7, 11) is -5.38. The van der Waals surface area contributed by atoms with E-state index in [-0.39, 0.29) is 29.7 Å². The quantitative estimate of drug-likeness (QED) is 0.574. The van der Waals surface area contributed by atoms with Crippen molar-refractivity contribution in [3.63, 3.8) is 0 Å². The van der Waals surface area contributed by atoms with Gasteiger partial charge in [0, 0.05) is 12.6 Å². The summed E-state index contributed by atoms with van der Waals surface area (Å²) in [5, 5.41) is 7.91. The first-order chi connectivity index (χ1) is 9.65. The van der Waals surface area contributed by atoms with Crippen molar-refractivity contribution >= 4 is 20.0 Å². The molecular weight excluding hydrogens is 314 g/mol. The van der Waals surface area contributed by atoms with Crippen molar-refractivity contribution in [2.24, 2.45) is 5.14 Å². The van der Waals surface area contributed by atoms with Crippen LogP contribution in [0.25, 0.3) is 0 Å². The minimum absolute atomic E-state index is 0.0213. The highest BCUT2D eigenvalue weighted by Gasteiger charge is 2.14. The zero-order valence-corrected chi connectivity index (χ0v) is 13.7. The molecule has 0 saturated carbocycles. The van der Waals surface area contributed by atoms with Crippen LogP contribution in [-0.2, 0) is 20.0 Å². The molecule has 0 aliphatic carbocycles. The van der Waals surface area contributed by atoms with Crippen molar-refractivity contribution in [1.82, 2.24) is 10.0 Å². The van der Waals surface area contributed by atoms with Crippen LogP contribution in [0.4, 0.5) is 0 Å². The van der Waals surface area contributed by atoms with Gasteiger partial charge in [-0.15, -0.1) is 0 Å². The van der Waals surface area contributed by atoms with E-state index in [1.807, 2.05) is 14.0 Å². The summed E-state index contributed by atoms with van der Waals surface area (Å²) in [4.78, 5) is 0.144. The van der Waals surface area contributed by atoms with E-state index in [2.05, 4.69) is 10.0 Å². The van der Waals surface area contributed by atoms with Crippen molar-refractivity contribution in [3.8, 4) is 0 Å². The molecule has 0 fully saturated rings. The van der Waals surface area contributed by atoms with Crippen LogP contribution in [0.3, 0.4) is 0 Å². The van der Waals surface area contributed by atoms with E-state index in [4.69, 9.17) is 5.14 Å². The number of benzene rings is 1. The van der Waals surface area contributed by atoms with E-state index >= 15 is 0 Å². The van der Waals surface area contributed by atoms with Crippen LogP contribution in [0.2, 0.25) is 0 Å². The van der Waals surface area contributed by atoms with E-state index < -0.39 is 20.0 Å². The van der Waals surface area contributed by atoms with Crippen LogP contribution in [0.15, 0.2) is 29.2 Å². The third kappa shape index (κ3) is 6.10. The van der Waals surface area contributed by atoms with Crippen LogP contribution in [0, 0.1) is 0 Å². The number of primary sulfonamides is 1. The lowest BCUT2D eigenvalue weighted by atomic mass is 10.1. The summed E-state index contributed by atoms with van der Waals surface area (Å²) in [5.41, 5.74) is 0.977. The Morgan fingerprint density at radius 1 is 1.14 bits per heavy atom. The Bertz CT molecular complexity index is 654. The molecule has 1 atom stereocenters. The van der Waals surface area contributed by atoms with Gasteiger partial charge in [-0.3, -0.25) is 0 Å². The highest BCUT2D eigenvalue weighted by Crippen LogP contribution is 2.15. The molecule has 0 radical (unpaired) electrons. The van der Waals surface area contributed by atoms with Crippen molar-refractivity contribution < 1.29 is 16.8 Å². The van der Waals surface area contributed by atoms with E-state index in [1.54, 1.807) is 12.1 Å². The van der Waals surface area contributed by atoms with Crippen LogP contribution in [0.1, 0.15) is 24.9 Å². The lowest BCUT2D eigenvalue weighted by Gasteiger charge is -2.11. The van der Waals surface area contributed by atoms with Crippen molar-refractivity contribution in [1.29, 1.82) is 0 Å². The van der Waals surface area contributed by atoms with Gasteiger partial charge in [0.1, 0.15) is 0 Å². The molecule has 7 nitrogen and oxygen atoms in total. The molecule has 1 unspecified atom stereocenters. The third-order valence-electron chi connectivity index (χ3n) is 3.02. The molecule has 120 valence electrons. The minimum atomic E-state index is -3.63. The number of hydrogen-bond acceptors (Lipinski definition) is 5. The molecule has 0 spiro atoms. The molecule has 0 amide bonds. The largest absolute Gasteiger partial charge is 0.313 e. The lowest BCUT2D eigenvalue weighted by Crippen LogP contribution is -2.27. The lowest BCUT2D eigenvalue weighted by molar-refractivity contribution is 0.576. The average Bonchev–Trinajstić information content (AvgIpc) is 2.42. The maximum atomic E-state index is 12.0. The zero-order valence-electron chi connectivity index (χ0n) is 12.0. The molecule has 1 aromatic rings. The predicted molar refractivity (Wildman–Crippen MR) is 81.7 cm³/mol. The number of rotatable bonds is 8. The van der Waals surface area contributed by atoms with Gasteiger partial charge in [0.2, 0.25) is 20.0 Å². The summed E-state index contributed by atoms with van der Waals surface area (Å²) in [6, 6.07) is 6.64. The minimum Gasteiger partial charge on any atom is -0.313 e. The molecule has 4 N–H and O–H groups in total. The monoisotopic (exact) mass is 335 g/mol. The summed E-state index contributed by atoms with van der Waals surface area (Å²) in [5.74, 6) is -0.256. The maximum absolute atomic E-state index is 12.0. The fourth-order valence-electron chi connectivity index (χ4n) is 1.67. The summed E-state index contributed by atoms with van der Waals surface area (Å²) >= 11 is 0. The van der Waals surface area contributed by atoms with E-state index in [0.717, 1.165) is 5.56 Å². The van der Waals surface area contributed by atoms with Crippen LogP contribution < -0.4 is 15.2 Å². The molecule has 0 saturated heterocycles. The van der Waals surface area contributed by atoms with E-state index in [1.165, 1.54) is 12.1 Å². The molecule has 0 aliphatic rings. The normalized spacial score (nSPS) is 14.0. The number of nitrogens with one attached hydrogen (secondary N) is 2. The average molecular weight is 335 g/mol. The Balaban J connectivity index is 2.66. The Hall–Kier alpha value is -1.00. The topological polar surface area (TPSA) is 118 Å². The second-order valence-electron chi connectivity index (χ2n) is 4.70. The Kier molecular flexibility index (Phi) is 6.29. The molecule has 21 heavy (non-hydrogen) atoms. The zero-order chi connectivity index (χ0) is 16.1. The van der Waals surface area contributed by atoms with Crippen molar-refractivity contribution in [2.45, 2.75) is 24.3 Å². The van der Waals surface area contributed by atoms with E-state index in [9.17, 15) is 16.8 Å². The molecule has 9 heteroatoms. The summed E-state index contributed by atoms with van der Waals surface area (Å²) in [6.45, 7) is 1.99. The summed E-state index contributed by atoms with van der Waals surface area (Å²) in [6.07, 6.45) is 0.132. The molecule has 1 rings (SSSR count). The van der Waals surface area contributed by atoms with Gasteiger partial charge in [-0.1, -0.05) is 12.1 Å². The molecule has 0 bridgehead atoms. The van der Waals surface area contributed by atoms with Gasteiger partial charge in [-0.05, 0) is 38.1 Å². The van der Waals surface area contributed by atoms with Gasteiger partial charge >= 0.3 is 0 Å². The van der Waals surface area contributed by atoms with Crippen LogP contribution in [-0.4, -0.2) is 36.2 Å². The molecule has 0 heterocycles. The fourth-order valence-corrected chi connectivity index (χ4v) is 3.29. The van der Waals surface area contributed by atoms with Crippen LogP contribution >= 0.6 is 0 Å². The second-order valence-corrected chi connectivity index (χ2v) is 8.20. The highest BCUT2D eigenvalue weighted by atomic mass is 32.2. The fraction of sp³-hybridized carbons (Fsp3) is 0.500. The van der Waals surface area contributed by atoms with Gasteiger partial charge in [0.05, 0.1) is 10.6 Å². The first kappa shape index (κ1) is 18.1. The van der Waals surface area contributed by atoms with Gasteiger partial charge in [0.15, 0.2) is 0 Å². The van der Waals surface area contributed by atoms with Gasteiger partial charge < -0.3 is 5.32 Å².